The Bertz CT molecular complexity index is 967. The summed E-state index contributed by atoms with van der Waals surface area (Å²) in [6.07, 6.45) is 3.92. The van der Waals surface area contributed by atoms with Gasteiger partial charge in [0.25, 0.3) is 5.91 Å². The molecule has 0 saturated heterocycles. The van der Waals surface area contributed by atoms with Gasteiger partial charge in [0.15, 0.2) is 18.1 Å². The summed E-state index contributed by atoms with van der Waals surface area (Å²) in [7, 11) is 1.58. The highest BCUT2D eigenvalue weighted by molar-refractivity contribution is 5.81. The van der Waals surface area contributed by atoms with Crippen LogP contribution in [-0.2, 0) is 4.79 Å². The average Bonchev–Trinajstić information content (AvgIpc) is 2.71. The van der Waals surface area contributed by atoms with E-state index >= 15 is 0 Å². The van der Waals surface area contributed by atoms with Gasteiger partial charge in [-0.2, -0.15) is 0 Å². The predicted octanol–water partition coefficient (Wildman–Crippen LogP) is 3.93. The van der Waals surface area contributed by atoms with Crippen molar-refractivity contribution in [3.63, 3.8) is 0 Å². The lowest BCUT2D eigenvalue weighted by Gasteiger charge is -2.11. The Morgan fingerprint density at radius 2 is 1.93 bits per heavy atom. The number of fused-ring (bicyclic) bond motifs is 1. The number of amides is 1. The third-order valence-electron chi connectivity index (χ3n) is 3.99. The fraction of sp³-hybridized carbons (Fsp3) is 0.182. The van der Waals surface area contributed by atoms with Crippen molar-refractivity contribution in [2.45, 2.75) is 6.92 Å². The molecule has 0 unspecified atom stereocenters. The highest BCUT2D eigenvalue weighted by Gasteiger charge is 2.07. The molecule has 5 heteroatoms. The Morgan fingerprint density at radius 1 is 1.07 bits per heavy atom. The van der Waals surface area contributed by atoms with E-state index in [0.717, 1.165) is 22.2 Å². The Morgan fingerprint density at radius 3 is 2.74 bits per heavy atom. The Hall–Kier alpha value is -3.34. The highest BCUT2D eigenvalue weighted by atomic mass is 16.5. The van der Waals surface area contributed by atoms with Crippen LogP contribution in [0.5, 0.6) is 11.5 Å². The summed E-state index contributed by atoms with van der Waals surface area (Å²) in [5.74, 6) is 0.948. The van der Waals surface area contributed by atoms with Crippen LogP contribution in [0, 0.1) is 0 Å². The Kier molecular flexibility index (Phi) is 6.05. The van der Waals surface area contributed by atoms with E-state index in [1.165, 1.54) is 0 Å². The highest BCUT2D eigenvalue weighted by Crippen LogP contribution is 2.28. The van der Waals surface area contributed by atoms with Gasteiger partial charge in [-0.15, -0.1) is 0 Å². The van der Waals surface area contributed by atoms with Gasteiger partial charge in [-0.25, -0.2) is 4.98 Å². The smallest absolute Gasteiger partial charge is 0.257 e. The molecule has 1 amide bonds. The van der Waals surface area contributed by atoms with Crippen LogP contribution in [0.3, 0.4) is 0 Å². The molecule has 2 aromatic carbocycles. The number of aromatic nitrogens is 1. The van der Waals surface area contributed by atoms with Gasteiger partial charge in [0.05, 0.1) is 18.3 Å². The molecule has 3 aromatic rings. The van der Waals surface area contributed by atoms with Gasteiger partial charge in [-0.1, -0.05) is 36.4 Å². The minimum atomic E-state index is -0.161. The molecule has 0 fully saturated rings. The van der Waals surface area contributed by atoms with E-state index in [2.05, 4.69) is 16.4 Å². The molecule has 0 atom stereocenters. The van der Waals surface area contributed by atoms with E-state index in [1.54, 1.807) is 13.2 Å². The third kappa shape index (κ3) is 4.85. The number of carbonyl (C=O) groups excluding carboxylic acids is 1. The molecule has 0 bridgehead atoms. The van der Waals surface area contributed by atoms with Crippen molar-refractivity contribution in [3.05, 3.63) is 65.9 Å². The van der Waals surface area contributed by atoms with E-state index in [1.807, 2.05) is 61.5 Å². The first-order valence-corrected chi connectivity index (χ1v) is 8.81. The summed E-state index contributed by atoms with van der Waals surface area (Å²) in [4.78, 5) is 16.2. The number of methoxy groups -OCH3 is 1. The number of nitrogens with one attached hydrogen (secondary N) is 1. The summed E-state index contributed by atoms with van der Waals surface area (Å²) in [6, 6.07) is 17.6. The Balaban J connectivity index is 1.74. The number of benzene rings is 2. The van der Waals surface area contributed by atoms with Gasteiger partial charge in [-0.3, -0.25) is 4.79 Å². The zero-order valence-electron chi connectivity index (χ0n) is 15.4. The first-order chi connectivity index (χ1) is 13.2. The van der Waals surface area contributed by atoms with Gasteiger partial charge in [0.1, 0.15) is 0 Å². The van der Waals surface area contributed by atoms with Gasteiger partial charge >= 0.3 is 0 Å². The molecule has 1 heterocycles. The van der Waals surface area contributed by atoms with Crippen LogP contribution in [0.4, 0.5) is 0 Å². The minimum Gasteiger partial charge on any atom is -0.493 e. The van der Waals surface area contributed by atoms with Crippen LogP contribution >= 0.6 is 0 Å². The maximum Gasteiger partial charge on any atom is 0.257 e. The molecule has 0 spiro atoms. The lowest BCUT2D eigenvalue weighted by atomic mass is 10.1. The van der Waals surface area contributed by atoms with Gasteiger partial charge in [0, 0.05) is 11.9 Å². The molecule has 0 aliphatic rings. The van der Waals surface area contributed by atoms with Crippen LogP contribution in [0.2, 0.25) is 0 Å². The summed E-state index contributed by atoms with van der Waals surface area (Å²) < 4.78 is 10.9. The number of carbonyl (C=O) groups is 1. The van der Waals surface area contributed by atoms with E-state index in [9.17, 15) is 4.79 Å². The fourth-order valence-electron chi connectivity index (χ4n) is 2.65. The zero-order chi connectivity index (χ0) is 19.1. The quantitative estimate of drug-likeness (QED) is 0.692. The van der Waals surface area contributed by atoms with Crippen molar-refractivity contribution in [1.82, 2.24) is 10.3 Å². The average molecular weight is 362 g/mol. The van der Waals surface area contributed by atoms with Crippen LogP contribution < -0.4 is 14.8 Å². The van der Waals surface area contributed by atoms with Gasteiger partial charge in [-0.05, 0) is 42.8 Å². The number of hydrogen-bond acceptors (Lipinski definition) is 4. The van der Waals surface area contributed by atoms with Crippen LogP contribution in [0.1, 0.15) is 18.2 Å². The maximum atomic E-state index is 11.5. The molecule has 27 heavy (non-hydrogen) atoms. The number of likely N-dealkylation sites (N-methyl/N-ethyl adjacent to an activating group) is 1. The van der Waals surface area contributed by atoms with Crippen molar-refractivity contribution in [2.75, 3.05) is 20.3 Å². The molecular formula is C22H22N2O3. The number of nitrogens with zero attached hydrogens (tertiary/aromatic N) is 1. The minimum absolute atomic E-state index is 0.0413. The normalized spacial score (nSPS) is 10.9. The lowest BCUT2D eigenvalue weighted by molar-refractivity contribution is -0.123. The molecular weight excluding hydrogens is 340 g/mol. The van der Waals surface area contributed by atoms with Crippen LogP contribution in [-0.4, -0.2) is 31.2 Å². The number of rotatable bonds is 7. The number of ether oxygens (including phenoxy) is 2. The Labute approximate surface area is 158 Å². The second kappa shape index (κ2) is 8.85. The van der Waals surface area contributed by atoms with E-state index < -0.39 is 0 Å². The third-order valence-corrected chi connectivity index (χ3v) is 3.99. The lowest BCUT2D eigenvalue weighted by Crippen LogP contribution is -2.28. The SMILES string of the molecule is CCNC(=O)COc1ccc(/C=C/c2ccc3ccccc3n2)cc1OC. The molecule has 1 N–H and O–H groups in total. The van der Waals surface area contributed by atoms with Gasteiger partial charge < -0.3 is 14.8 Å². The topological polar surface area (TPSA) is 60.5 Å². The number of pyridine rings is 1. The van der Waals surface area contributed by atoms with Crippen molar-refractivity contribution < 1.29 is 14.3 Å². The predicted molar refractivity (Wildman–Crippen MR) is 108 cm³/mol. The first-order valence-electron chi connectivity index (χ1n) is 8.81. The molecule has 0 radical (unpaired) electrons. The largest absolute Gasteiger partial charge is 0.493 e. The summed E-state index contributed by atoms with van der Waals surface area (Å²) in [5.41, 5.74) is 2.79. The summed E-state index contributed by atoms with van der Waals surface area (Å²) >= 11 is 0. The number of hydrogen-bond donors (Lipinski definition) is 1. The molecule has 138 valence electrons. The van der Waals surface area contributed by atoms with E-state index in [0.29, 0.717) is 18.0 Å². The molecule has 0 aliphatic carbocycles. The van der Waals surface area contributed by atoms with E-state index in [4.69, 9.17) is 9.47 Å². The number of para-hydroxylation sites is 1. The first kappa shape index (κ1) is 18.5. The maximum absolute atomic E-state index is 11.5. The van der Waals surface area contributed by atoms with Crippen molar-refractivity contribution in [2.24, 2.45) is 0 Å². The van der Waals surface area contributed by atoms with Crippen molar-refractivity contribution in [1.29, 1.82) is 0 Å². The van der Waals surface area contributed by atoms with Gasteiger partial charge in [0.2, 0.25) is 0 Å². The standard InChI is InChI=1S/C22H22N2O3/c1-3-23-22(25)15-27-20-13-9-16(14-21(20)26-2)8-11-18-12-10-17-6-4-5-7-19(17)24-18/h4-14H,3,15H2,1-2H3,(H,23,25)/b11-8+. The monoisotopic (exact) mass is 362 g/mol. The molecule has 1 aromatic heterocycles. The summed E-state index contributed by atoms with van der Waals surface area (Å²) in [5, 5.41) is 3.81. The second-order valence-electron chi connectivity index (χ2n) is 5.91. The van der Waals surface area contributed by atoms with Crippen LogP contribution in [0.25, 0.3) is 23.1 Å². The van der Waals surface area contributed by atoms with Crippen molar-refractivity contribution >= 4 is 29.0 Å². The second-order valence-corrected chi connectivity index (χ2v) is 5.91. The van der Waals surface area contributed by atoms with Crippen LogP contribution in [0.15, 0.2) is 54.6 Å². The van der Waals surface area contributed by atoms with Crippen molar-refractivity contribution in [3.8, 4) is 11.5 Å². The van der Waals surface area contributed by atoms with E-state index in [-0.39, 0.29) is 12.5 Å². The molecule has 0 aliphatic heterocycles. The zero-order valence-corrected chi connectivity index (χ0v) is 15.4. The summed E-state index contributed by atoms with van der Waals surface area (Å²) in [6.45, 7) is 2.40. The fourth-order valence-corrected chi connectivity index (χ4v) is 2.65. The molecule has 3 rings (SSSR count). The molecule has 0 saturated carbocycles. The molecule has 5 nitrogen and oxygen atoms in total.